The average molecular weight is 507 g/mol. The Morgan fingerprint density at radius 2 is 1.86 bits per heavy atom. The number of carbonyl (C=O) groups is 1. The molecule has 10 heteroatoms. The molecule has 1 amide bonds. The summed E-state index contributed by atoms with van der Waals surface area (Å²) in [6.45, 7) is 0.519. The van der Waals surface area contributed by atoms with Crippen LogP contribution in [0.4, 0.5) is 5.69 Å². The standard InChI is InChI=1S/C18H13Br2N5O3/c19-14-5-1-13(2-6-14)10-24-11-16(20)17(23-24)18(26)22-21-9-12-3-7-15(8-4-12)25(27)28/h1-9,11H,10H2,(H,22,26)/b21-9+. The highest BCUT2D eigenvalue weighted by atomic mass is 79.9. The van der Waals surface area contributed by atoms with Crippen molar-refractivity contribution in [2.24, 2.45) is 5.10 Å². The second kappa shape index (κ2) is 8.89. The number of halogens is 2. The van der Waals surface area contributed by atoms with Gasteiger partial charge >= 0.3 is 0 Å². The summed E-state index contributed by atoms with van der Waals surface area (Å²) in [7, 11) is 0. The minimum absolute atomic E-state index is 0.0126. The number of non-ortho nitro benzene ring substituents is 1. The Morgan fingerprint density at radius 1 is 1.18 bits per heavy atom. The van der Waals surface area contributed by atoms with Crippen LogP contribution in [0, 0.1) is 10.1 Å². The number of amides is 1. The number of carbonyl (C=O) groups excluding carboxylic acids is 1. The molecule has 0 aliphatic heterocycles. The van der Waals surface area contributed by atoms with Gasteiger partial charge in [-0.05, 0) is 51.3 Å². The van der Waals surface area contributed by atoms with Gasteiger partial charge in [-0.3, -0.25) is 19.6 Å². The van der Waals surface area contributed by atoms with E-state index in [0.717, 1.165) is 10.0 Å². The number of nitro benzene ring substituents is 1. The molecular weight excluding hydrogens is 494 g/mol. The van der Waals surface area contributed by atoms with Gasteiger partial charge < -0.3 is 0 Å². The minimum Gasteiger partial charge on any atom is -0.266 e. The number of rotatable bonds is 6. The smallest absolute Gasteiger partial charge is 0.266 e. The van der Waals surface area contributed by atoms with E-state index in [0.29, 0.717) is 16.6 Å². The van der Waals surface area contributed by atoms with Crippen LogP contribution >= 0.6 is 31.9 Å². The van der Waals surface area contributed by atoms with E-state index < -0.39 is 10.8 Å². The van der Waals surface area contributed by atoms with E-state index in [1.165, 1.54) is 30.5 Å². The van der Waals surface area contributed by atoms with Crippen molar-refractivity contribution in [2.75, 3.05) is 0 Å². The summed E-state index contributed by atoms with van der Waals surface area (Å²) >= 11 is 6.72. The Morgan fingerprint density at radius 3 is 2.50 bits per heavy atom. The van der Waals surface area contributed by atoms with Crippen molar-refractivity contribution in [3.8, 4) is 0 Å². The van der Waals surface area contributed by atoms with Crippen LogP contribution in [0.2, 0.25) is 0 Å². The molecule has 0 unspecified atom stereocenters. The van der Waals surface area contributed by atoms with E-state index in [-0.39, 0.29) is 11.4 Å². The molecule has 1 aromatic heterocycles. The van der Waals surface area contributed by atoms with E-state index in [1.807, 2.05) is 24.3 Å². The number of hydrogen-bond donors (Lipinski definition) is 1. The first-order chi connectivity index (χ1) is 13.4. The molecule has 0 radical (unpaired) electrons. The molecule has 1 N–H and O–H groups in total. The van der Waals surface area contributed by atoms with Crippen LogP contribution in [0.5, 0.6) is 0 Å². The number of aromatic nitrogens is 2. The molecule has 2 aromatic carbocycles. The third kappa shape index (κ3) is 5.11. The summed E-state index contributed by atoms with van der Waals surface area (Å²) in [5.74, 6) is -0.473. The summed E-state index contributed by atoms with van der Waals surface area (Å²) in [5.41, 5.74) is 4.25. The molecule has 0 spiro atoms. The van der Waals surface area contributed by atoms with Crippen molar-refractivity contribution in [3.63, 3.8) is 0 Å². The number of nitrogens with zero attached hydrogens (tertiary/aromatic N) is 4. The highest BCUT2D eigenvalue weighted by Gasteiger charge is 2.15. The fourth-order valence-corrected chi connectivity index (χ4v) is 3.07. The van der Waals surface area contributed by atoms with Crippen molar-refractivity contribution in [3.05, 3.63) is 90.6 Å². The zero-order valence-corrected chi connectivity index (χ0v) is 17.4. The van der Waals surface area contributed by atoms with Gasteiger partial charge in [-0.2, -0.15) is 10.2 Å². The molecule has 1 heterocycles. The van der Waals surface area contributed by atoms with Crippen LogP contribution in [0.15, 0.2) is 68.8 Å². The Bertz CT molecular complexity index is 1030. The topological polar surface area (TPSA) is 102 Å². The van der Waals surface area contributed by atoms with E-state index in [4.69, 9.17) is 0 Å². The Hall–Kier alpha value is -2.85. The normalized spacial score (nSPS) is 10.9. The summed E-state index contributed by atoms with van der Waals surface area (Å²) in [4.78, 5) is 22.4. The average Bonchev–Trinajstić information content (AvgIpc) is 3.04. The summed E-state index contributed by atoms with van der Waals surface area (Å²) in [6, 6.07) is 13.6. The molecule has 0 saturated carbocycles. The van der Waals surface area contributed by atoms with Crippen molar-refractivity contribution >= 4 is 49.7 Å². The van der Waals surface area contributed by atoms with Gasteiger partial charge in [0.1, 0.15) is 0 Å². The molecule has 8 nitrogen and oxygen atoms in total. The lowest BCUT2D eigenvalue weighted by molar-refractivity contribution is -0.384. The lowest BCUT2D eigenvalue weighted by Crippen LogP contribution is -2.19. The minimum atomic E-state index is -0.481. The van der Waals surface area contributed by atoms with Gasteiger partial charge in [0, 0.05) is 22.8 Å². The van der Waals surface area contributed by atoms with Crippen LogP contribution in [0.25, 0.3) is 0 Å². The van der Waals surface area contributed by atoms with Gasteiger partial charge in [0.2, 0.25) is 0 Å². The number of nitro groups is 1. The predicted octanol–water partition coefficient (Wildman–Crippen LogP) is 4.13. The van der Waals surface area contributed by atoms with Crippen molar-refractivity contribution in [1.29, 1.82) is 0 Å². The van der Waals surface area contributed by atoms with E-state index >= 15 is 0 Å². The Labute approximate surface area is 176 Å². The maximum absolute atomic E-state index is 12.3. The van der Waals surface area contributed by atoms with Gasteiger partial charge in [-0.25, -0.2) is 5.43 Å². The van der Waals surface area contributed by atoms with E-state index in [2.05, 4.69) is 47.5 Å². The SMILES string of the molecule is O=C(N/N=C/c1ccc([N+](=O)[O-])cc1)c1nn(Cc2ccc(Br)cc2)cc1Br. The molecule has 0 saturated heterocycles. The molecule has 0 fully saturated rings. The quantitative estimate of drug-likeness (QED) is 0.308. The first-order valence-electron chi connectivity index (χ1n) is 7.97. The van der Waals surface area contributed by atoms with Crippen LogP contribution in [-0.4, -0.2) is 26.8 Å². The number of nitrogens with one attached hydrogen (secondary N) is 1. The Kier molecular flexibility index (Phi) is 6.32. The largest absolute Gasteiger partial charge is 0.293 e. The molecule has 0 aliphatic carbocycles. The van der Waals surface area contributed by atoms with Gasteiger partial charge in [-0.15, -0.1) is 0 Å². The number of hydrazone groups is 1. The lowest BCUT2D eigenvalue weighted by Gasteiger charge is -2.02. The summed E-state index contributed by atoms with van der Waals surface area (Å²) in [6.07, 6.45) is 3.12. The predicted molar refractivity (Wildman–Crippen MR) is 111 cm³/mol. The van der Waals surface area contributed by atoms with Crippen LogP contribution in [0.1, 0.15) is 21.6 Å². The van der Waals surface area contributed by atoms with Gasteiger partial charge in [0.05, 0.1) is 22.2 Å². The number of benzene rings is 2. The third-order valence-electron chi connectivity index (χ3n) is 3.67. The van der Waals surface area contributed by atoms with Crippen molar-refractivity contribution in [2.45, 2.75) is 6.54 Å². The van der Waals surface area contributed by atoms with Crippen LogP contribution in [0.3, 0.4) is 0 Å². The first kappa shape index (κ1) is 19.9. The zero-order chi connectivity index (χ0) is 20.1. The second-order valence-electron chi connectivity index (χ2n) is 5.70. The van der Waals surface area contributed by atoms with Crippen LogP contribution < -0.4 is 5.43 Å². The molecule has 142 valence electrons. The maximum Gasteiger partial charge on any atom is 0.293 e. The first-order valence-corrected chi connectivity index (χ1v) is 9.56. The van der Waals surface area contributed by atoms with E-state index in [9.17, 15) is 14.9 Å². The summed E-state index contributed by atoms with van der Waals surface area (Å²) < 4.78 is 3.19. The second-order valence-corrected chi connectivity index (χ2v) is 7.47. The third-order valence-corrected chi connectivity index (χ3v) is 4.78. The van der Waals surface area contributed by atoms with Gasteiger partial charge in [0.25, 0.3) is 11.6 Å². The lowest BCUT2D eigenvalue weighted by atomic mass is 10.2. The molecule has 28 heavy (non-hydrogen) atoms. The molecule has 3 rings (SSSR count). The van der Waals surface area contributed by atoms with Gasteiger partial charge in [0.15, 0.2) is 5.69 Å². The van der Waals surface area contributed by atoms with Crippen molar-refractivity contribution < 1.29 is 9.72 Å². The molecule has 3 aromatic rings. The molecule has 0 bridgehead atoms. The zero-order valence-electron chi connectivity index (χ0n) is 14.3. The summed E-state index contributed by atoms with van der Waals surface area (Å²) in [5, 5.41) is 18.8. The number of hydrogen-bond acceptors (Lipinski definition) is 5. The Balaban J connectivity index is 1.63. The molecular formula is C18H13Br2N5O3. The van der Waals surface area contributed by atoms with E-state index in [1.54, 1.807) is 10.9 Å². The monoisotopic (exact) mass is 505 g/mol. The van der Waals surface area contributed by atoms with Crippen LogP contribution in [-0.2, 0) is 6.54 Å². The fraction of sp³-hybridized carbons (Fsp3) is 0.0556. The van der Waals surface area contributed by atoms with Gasteiger partial charge in [-0.1, -0.05) is 28.1 Å². The van der Waals surface area contributed by atoms with Crippen molar-refractivity contribution in [1.82, 2.24) is 15.2 Å². The molecule has 0 aliphatic rings. The highest BCUT2D eigenvalue weighted by molar-refractivity contribution is 9.10. The maximum atomic E-state index is 12.3. The fourth-order valence-electron chi connectivity index (χ4n) is 2.31. The molecule has 0 atom stereocenters. The highest BCUT2D eigenvalue weighted by Crippen LogP contribution is 2.17.